The van der Waals surface area contributed by atoms with E-state index in [4.69, 9.17) is 9.57 Å². The van der Waals surface area contributed by atoms with E-state index in [1.807, 2.05) is 30.3 Å². The first-order chi connectivity index (χ1) is 8.36. The molecule has 5 nitrogen and oxygen atoms in total. The van der Waals surface area contributed by atoms with Crippen molar-refractivity contribution < 1.29 is 14.4 Å². The Morgan fingerprint density at radius 2 is 2.18 bits per heavy atom. The predicted octanol–water partition coefficient (Wildman–Crippen LogP) is 1.16. The van der Waals surface area contributed by atoms with E-state index >= 15 is 0 Å². The first kappa shape index (κ1) is 11.9. The summed E-state index contributed by atoms with van der Waals surface area (Å²) >= 11 is 0. The molecule has 1 aliphatic rings. The minimum Gasteiger partial charge on any atom is -0.443 e. The van der Waals surface area contributed by atoms with Crippen LogP contribution in [0.25, 0.3) is 0 Å². The van der Waals surface area contributed by atoms with E-state index in [-0.39, 0.29) is 6.61 Å². The fourth-order valence-corrected chi connectivity index (χ4v) is 1.53. The highest BCUT2D eigenvalue weighted by Crippen LogP contribution is 2.04. The van der Waals surface area contributed by atoms with Crippen LogP contribution in [0.3, 0.4) is 0 Å². The van der Waals surface area contributed by atoms with Crippen molar-refractivity contribution in [3.05, 3.63) is 35.9 Å². The van der Waals surface area contributed by atoms with Gasteiger partial charge in [0.1, 0.15) is 6.61 Å². The average Bonchev–Trinajstić information content (AvgIpc) is 2.66. The summed E-state index contributed by atoms with van der Waals surface area (Å²) in [6.07, 6.45) is -0.433. The van der Waals surface area contributed by atoms with Gasteiger partial charge in [-0.3, -0.25) is 4.84 Å². The zero-order valence-electron chi connectivity index (χ0n) is 9.59. The topological polar surface area (TPSA) is 50.8 Å². The number of ether oxygens (including phenoxy) is 1. The zero-order chi connectivity index (χ0) is 11.9. The number of amides is 1. The van der Waals surface area contributed by atoms with Crippen LogP contribution in [0.5, 0.6) is 0 Å². The Hall–Kier alpha value is -1.59. The molecule has 1 heterocycles. The largest absolute Gasteiger partial charge is 0.443 e. The Labute approximate surface area is 100 Å². The number of nitrogens with zero attached hydrogens (tertiary/aromatic N) is 1. The smallest absolute Gasteiger partial charge is 0.434 e. The lowest BCUT2D eigenvalue weighted by Gasteiger charge is -2.18. The highest BCUT2D eigenvalue weighted by atomic mass is 16.7. The van der Waals surface area contributed by atoms with Crippen molar-refractivity contribution in [3.8, 4) is 0 Å². The molecule has 0 spiro atoms. The molecule has 17 heavy (non-hydrogen) atoms. The Bertz CT molecular complexity index is 348. The summed E-state index contributed by atoms with van der Waals surface area (Å²) in [4.78, 5) is 16.9. The van der Waals surface area contributed by atoms with Crippen LogP contribution in [-0.2, 0) is 16.2 Å². The van der Waals surface area contributed by atoms with E-state index in [0.717, 1.165) is 18.7 Å². The molecule has 0 radical (unpaired) electrons. The van der Waals surface area contributed by atoms with Gasteiger partial charge in [0.2, 0.25) is 0 Å². The number of carbonyl (C=O) groups is 1. The molecule has 1 N–H and O–H groups in total. The van der Waals surface area contributed by atoms with Gasteiger partial charge in [-0.1, -0.05) is 30.3 Å². The van der Waals surface area contributed by atoms with Crippen molar-refractivity contribution in [1.82, 2.24) is 10.4 Å². The van der Waals surface area contributed by atoms with Crippen LogP contribution in [-0.4, -0.2) is 37.4 Å². The molecule has 0 aliphatic carbocycles. The fraction of sp³-hybridized carbons (Fsp3) is 0.417. The third kappa shape index (κ3) is 3.72. The lowest BCUT2D eigenvalue weighted by atomic mass is 10.2. The van der Waals surface area contributed by atoms with E-state index in [0.29, 0.717) is 13.2 Å². The van der Waals surface area contributed by atoms with Crippen molar-refractivity contribution >= 4 is 6.09 Å². The molecule has 1 aromatic rings. The molecule has 0 aromatic heterocycles. The molecule has 92 valence electrons. The predicted molar refractivity (Wildman–Crippen MR) is 62.2 cm³/mol. The van der Waals surface area contributed by atoms with Gasteiger partial charge < -0.3 is 10.1 Å². The molecule has 0 unspecified atom stereocenters. The summed E-state index contributed by atoms with van der Waals surface area (Å²) in [6, 6.07) is 9.58. The normalized spacial score (nSPS) is 16.4. The molecule has 2 rings (SSSR count). The molecule has 1 saturated heterocycles. The summed E-state index contributed by atoms with van der Waals surface area (Å²) in [5.74, 6) is 0. The van der Waals surface area contributed by atoms with Gasteiger partial charge in [-0.2, -0.15) is 5.06 Å². The molecular formula is C12H16N2O3. The van der Waals surface area contributed by atoms with Crippen molar-refractivity contribution in [1.29, 1.82) is 0 Å². The lowest BCUT2D eigenvalue weighted by Crippen LogP contribution is -2.33. The Balaban J connectivity index is 1.80. The summed E-state index contributed by atoms with van der Waals surface area (Å²) < 4.78 is 5.16. The van der Waals surface area contributed by atoms with Crippen molar-refractivity contribution in [2.45, 2.75) is 6.61 Å². The second-order valence-corrected chi connectivity index (χ2v) is 3.73. The second-order valence-electron chi connectivity index (χ2n) is 3.73. The first-order valence-electron chi connectivity index (χ1n) is 5.68. The van der Waals surface area contributed by atoms with Crippen LogP contribution in [0.2, 0.25) is 0 Å². The molecular weight excluding hydrogens is 220 g/mol. The van der Waals surface area contributed by atoms with Gasteiger partial charge in [-0.25, -0.2) is 4.79 Å². The van der Waals surface area contributed by atoms with Gasteiger partial charge >= 0.3 is 6.09 Å². The Morgan fingerprint density at radius 3 is 3.00 bits per heavy atom. The second kappa shape index (κ2) is 6.22. The average molecular weight is 236 g/mol. The number of hydrogen-bond acceptors (Lipinski definition) is 4. The summed E-state index contributed by atoms with van der Waals surface area (Å²) in [6.45, 7) is 2.74. The third-order valence-corrected chi connectivity index (χ3v) is 2.43. The minimum absolute atomic E-state index is 0.271. The standard InChI is InChI=1S/C12H16N2O3/c15-12(14-8-6-13-7-9-17-14)16-10-11-4-2-1-3-5-11/h1-5,13H,6-10H2. The maximum atomic E-state index is 11.7. The van der Waals surface area contributed by atoms with Crippen LogP contribution >= 0.6 is 0 Å². The fourth-order valence-electron chi connectivity index (χ4n) is 1.53. The van der Waals surface area contributed by atoms with E-state index in [1.54, 1.807) is 0 Å². The molecule has 1 aromatic carbocycles. The molecule has 1 aliphatic heterocycles. The van der Waals surface area contributed by atoms with E-state index in [9.17, 15) is 4.79 Å². The summed E-state index contributed by atoms with van der Waals surface area (Å²) in [5, 5.41) is 4.40. The Morgan fingerprint density at radius 1 is 1.35 bits per heavy atom. The molecule has 5 heteroatoms. The van der Waals surface area contributed by atoms with Crippen LogP contribution in [0.1, 0.15) is 5.56 Å². The van der Waals surface area contributed by atoms with E-state index in [1.165, 1.54) is 5.06 Å². The lowest BCUT2D eigenvalue weighted by molar-refractivity contribution is -0.126. The monoisotopic (exact) mass is 236 g/mol. The number of benzene rings is 1. The van der Waals surface area contributed by atoms with Crippen molar-refractivity contribution in [2.24, 2.45) is 0 Å². The highest BCUT2D eigenvalue weighted by Gasteiger charge is 2.17. The maximum absolute atomic E-state index is 11.7. The Kier molecular flexibility index (Phi) is 4.35. The maximum Gasteiger partial charge on any atom is 0.434 e. The highest BCUT2D eigenvalue weighted by molar-refractivity contribution is 5.66. The SMILES string of the molecule is O=C(OCc1ccccc1)N1CCNCCO1. The molecule has 1 fully saturated rings. The van der Waals surface area contributed by atoms with Crippen LogP contribution < -0.4 is 5.32 Å². The number of carbonyl (C=O) groups excluding carboxylic acids is 1. The van der Waals surface area contributed by atoms with Gasteiger partial charge in [0, 0.05) is 13.1 Å². The third-order valence-electron chi connectivity index (χ3n) is 2.43. The molecule has 0 saturated carbocycles. The first-order valence-corrected chi connectivity index (χ1v) is 5.68. The van der Waals surface area contributed by atoms with Crippen LogP contribution in [0, 0.1) is 0 Å². The minimum atomic E-state index is -0.433. The van der Waals surface area contributed by atoms with Gasteiger partial charge in [0.05, 0.1) is 13.2 Å². The molecule has 1 amide bonds. The zero-order valence-corrected chi connectivity index (χ0v) is 9.59. The van der Waals surface area contributed by atoms with Gasteiger partial charge in [-0.15, -0.1) is 0 Å². The van der Waals surface area contributed by atoms with Crippen LogP contribution in [0.15, 0.2) is 30.3 Å². The number of hydrogen-bond donors (Lipinski definition) is 1. The number of hydroxylamine groups is 2. The van der Waals surface area contributed by atoms with E-state index < -0.39 is 6.09 Å². The van der Waals surface area contributed by atoms with Crippen molar-refractivity contribution in [3.63, 3.8) is 0 Å². The van der Waals surface area contributed by atoms with E-state index in [2.05, 4.69) is 5.32 Å². The quantitative estimate of drug-likeness (QED) is 0.837. The number of rotatable bonds is 2. The van der Waals surface area contributed by atoms with Gasteiger partial charge in [0.15, 0.2) is 0 Å². The molecule has 0 atom stereocenters. The number of nitrogens with one attached hydrogen (secondary N) is 1. The van der Waals surface area contributed by atoms with Crippen LogP contribution in [0.4, 0.5) is 4.79 Å². The van der Waals surface area contributed by atoms with Crippen molar-refractivity contribution in [2.75, 3.05) is 26.2 Å². The van der Waals surface area contributed by atoms with Gasteiger partial charge in [0.25, 0.3) is 0 Å². The summed E-state index contributed by atoms with van der Waals surface area (Å²) in [5.41, 5.74) is 0.966. The summed E-state index contributed by atoms with van der Waals surface area (Å²) in [7, 11) is 0. The molecule has 0 bridgehead atoms. The van der Waals surface area contributed by atoms with Gasteiger partial charge in [-0.05, 0) is 5.56 Å².